The summed E-state index contributed by atoms with van der Waals surface area (Å²) < 4.78 is 4.42. The fourth-order valence-corrected chi connectivity index (χ4v) is 1.99. The molecule has 78 valence electrons. The number of rotatable bonds is 2. The van der Waals surface area contributed by atoms with Gasteiger partial charge < -0.3 is 3.83 Å². The highest BCUT2D eigenvalue weighted by Gasteiger charge is 2.36. The number of aliphatic imine (C=N–C) groups is 1. The fourth-order valence-electron chi connectivity index (χ4n) is 1.56. The largest absolute Gasteiger partial charge is 0.383 e. The van der Waals surface area contributed by atoms with Crippen LogP contribution in [0.15, 0.2) is 29.3 Å². The first-order chi connectivity index (χ1) is 7.15. The van der Waals surface area contributed by atoms with Crippen LogP contribution < -0.4 is 0 Å². The number of hydrogen-bond acceptors (Lipinski definition) is 3. The first-order valence-electron chi connectivity index (χ1n) is 4.31. The molecular formula is C10H7BrClNO2. The summed E-state index contributed by atoms with van der Waals surface area (Å²) in [5, 5.41) is 0. The van der Waals surface area contributed by atoms with E-state index in [1.54, 1.807) is 6.21 Å². The lowest BCUT2D eigenvalue weighted by Crippen LogP contribution is -2.22. The molecule has 1 aliphatic rings. The molecule has 0 bridgehead atoms. The molecule has 3 nitrogen and oxygen atoms in total. The Balaban J connectivity index is 2.33. The number of halogens is 2. The maximum absolute atomic E-state index is 11.2. The number of hydrogen-bond donors (Lipinski definition) is 0. The summed E-state index contributed by atoms with van der Waals surface area (Å²) in [6.07, 6.45) is 1.63. The van der Waals surface area contributed by atoms with E-state index in [-0.39, 0.29) is 6.42 Å². The van der Waals surface area contributed by atoms with Gasteiger partial charge in [-0.1, -0.05) is 18.2 Å². The number of nitrogens with zero attached hydrogens (tertiary/aromatic N) is 1. The molecule has 1 unspecified atom stereocenters. The molecule has 0 saturated carbocycles. The molecule has 0 radical (unpaired) electrons. The molecule has 1 aromatic rings. The molecule has 0 aromatic heterocycles. The minimum absolute atomic E-state index is 0.0559. The predicted octanol–water partition coefficient (Wildman–Crippen LogP) is 3.08. The van der Waals surface area contributed by atoms with Gasteiger partial charge in [0.2, 0.25) is 0 Å². The first-order valence-corrected chi connectivity index (χ1v) is 5.33. The zero-order chi connectivity index (χ0) is 10.9. The molecule has 0 amide bonds. The van der Waals surface area contributed by atoms with Crippen LogP contribution in [-0.2, 0) is 13.5 Å². The number of alkyl halides is 1. The molecule has 1 aliphatic heterocycles. The number of para-hydroxylation sites is 1. The van der Waals surface area contributed by atoms with E-state index in [4.69, 9.17) is 11.6 Å². The van der Waals surface area contributed by atoms with Gasteiger partial charge >= 0.3 is 5.97 Å². The van der Waals surface area contributed by atoms with Gasteiger partial charge in [0, 0.05) is 11.8 Å². The number of benzene rings is 1. The third-order valence-corrected chi connectivity index (χ3v) is 3.04. The monoisotopic (exact) mass is 287 g/mol. The summed E-state index contributed by atoms with van der Waals surface area (Å²) in [6.45, 7) is 0. The van der Waals surface area contributed by atoms with Crippen molar-refractivity contribution in [1.82, 2.24) is 0 Å². The SMILES string of the molecule is O=C(CC1(Cl)C=Nc2ccccc21)OBr. The minimum Gasteiger partial charge on any atom is -0.383 e. The van der Waals surface area contributed by atoms with Gasteiger partial charge in [-0.3, -0.25) is 9.79 Å². The van der Waals surface area contributed by atoms with Crippen molar-refractivity contribution >= 4 is 45.7 Å². The normalized spacial score (nSPS) is 22.5. The van der Waals surface area contributed by atoms with Gasteiger partial charge in [-0.2, -0.15) is 0 Å². The summed E-state index contributed by atoms with van der Waals surface area (Å²) in [5.41, 5.74) is 1.64. The van der Waals surface area contributed by atoms with Crippen LogP contribution in [0.5, 0.6) is 0 Å². The van der Waals surface area contributed by atoms with Crippen molar-refractivity contribution < 1.29 is 8.62 Å². The van der Waals surface area contributed by atoms with Crippen molar-refractivity contribution in [3.63, 3.8) is 0 Å². The van der Waals surface area contributed by atoms with E-state index in [0.29, 0.717) is 0 Å². The van der Waals surface area contributed by atoms with Gasteiger partial charge in [0.05, 0.1) is 12.1 Å². The molecule has 15 heavy (non-hydrogen) atoms. The van der Waals surface area contributed by atoms with Crippen LogP contribution in [0.4, 0.5) is 5.69 Å². The molecule has 0 saturated heterocycles. The van der Waals surface area contributed by atoms with Gasteiger partial charge in [0.25, 0.3) is 0 Å². The Kier molecular flexibility index (Phi) is 2.80. The molecule has 0 aliphatic carbocycles. The third-order valence-electron chi connectivity index (χ3n) is 2.25. The Morgan fingerprint density at radius 3 is 3.00 bits per heavy atom. The Hall–Kier alpha value is -0.870. The van der Waals surface area contributed by atoms with Gasteiger partial charge in [-0.05, 0) is 6.07 Å². The lowest BCUT2D eigenvalue weighted by Gasteiger charge is -2.17. The van der Waals surface area contributed by atoms with Crippen molar-refractivity contribution in [3.05, 3.63) is 29.8 Å². The average Bonchev–Trinajstić information content (AvgIpc) is 2.57. The summed E-state index contributed by atoms with van der Waals surface area (Å²) in [7, 11) is 0. The number of carbonyl (C=O) groups excluding carboxylic acids is 1. The Morgan fingerprint density at radius 2 is 2.27 bits per heavy atom. The van der Waals surface area contributed by atoms with Crippen molar-refractivity contribution in [3.8, 4) is 0 Å². The molecule has 0 fully saturated rings. The summed E-state index contributed by atoms with van der Waals surface area (Å²) in [4.78, 5) is 14.5. The molecule has 0 spiro atoms. The maximum Gasteiger partial charge on any atom is 0.319 e. The second-order valence-electron chi connectivity index (χ2n) is 3.26. The molecular weight excluding hydrogens is 281 g/mol. The summed E-state index contributed by atoms with van der Waals surface area (Å²) in [5.74, 6) is -0.423. The molecule has 5 heteroatoms. The summed E-state index contributed by atoms with van der Waals surface area (Å²) in [6, 6.07) is 7.46. The molecule has 0 N–H and O–H groups in total. The maximum atomic E-state index is 11.2. The van der Waals surface area contributed by atoms with Gasteiger partial charge in [0.1, 0.15) is 4.87 Å². The van der Waals surface area contributed by atoms with Gasteiger partial charge in [0.15, 0.2) is 16.3 Å². The highest BCUT2D eigenvalue weighted by atomic mass is 79.9. The zero-order valence-corrected chi connectivity index (χ0v) is 9.96. The van der Waals surface area contributed by atoms with Crippen LogP contribution in [-0.4, -0.2) is 12.2 Å². The highest BCUT2D eigenvalue weighted by Crippen LogP contribution is 2.42. The van der Waals surface area contributed by atoms with Crippen LogP contribution in [0.2, 0.25) is 0 Å². The fraction of sp³-hybridized carbons (Fsp3) is 0.200. The van der Waals surface area contributed by atoms with Crippen molar-refractivity contribution in [2.45, 2.75) is 11.3 Å². The van der Waals surface area contributed by atoms with E-state index in [9.17, 15) is 4.79 Å². The lowest BCUT2D eigenvalue weighted by molar-refractivity contribution is -0.132. The quantitative estimate of drug-likeness (QED) is 0.785. The number of fused-ring (bicyclic) bond motifs is 1. The van der Waals surface area contributed by atoms with Crippen LogP contribution in [0.25, 0.3) is 0 Å². The Bertz CT molecular complexity index is 435. The van der Waals surface area contributed by atoms with Gasteiger partial charge in [-0.25, -0.2) is 0 Å². The van der Waals surface area contributed by atoms with E-state index < -0.39 is 10.8 Å². The first kappa shape index (κ1) is 10.6. The molecule has 1 atom stereocenters. The second-order valence-corrected chi connectivity index (χ2v) is 4.26. The van der Waals surface area contributed by atoms with Crippen LogP contribution in [0.3, 0.4) is 0 Å². The average molecular weight is 289 g/mol. The Labute approximate surface area is 101 Å². The molecule has 2 rings (SSSR count). The van der Waals surface area contributed by atoms with E-state index >= 15 is 0 Å². The zero-order valence-electron chi connectivity index (χ0n) is 7.61. The van der Waals surface area contributed by atoms with Crippen LogP contribution >= 0.6 is 27.9 Å². The summed E-state index contributed by atoms with van der Waals surface area (Å²) >= 11 is 8.94. The molecule has 1 heterocycles. The van der Waals surface area contributed by atoms with Crippen LogP contribution in [0, 0.1) is 0 Å². The van der Waals surface area contributed by atoms with E-state index in [1.165, 1.54) is 0 Å². The number of carbonyl (C=O) groups is 1. The highest BCUT2D eigenvalue weighted by molar-refractivity contribution is 9.06. The van der Waals surface area contributed by atoms with E-state index in [1.807, 2.05) is 24.3 Å². The second kappa shape index (κ2) is 3.94. The van der Waals surface area contributed by atoms with Crippen molar-refractivity contribution in [2.24, 2.45) is 4.99 Å². The Morgan fingerprint density at radius 1 is 1.53 bits per heavy atom. The lowest BCUT2D eigenvalue weighted by atomic mass is 9.97. The standard InChI is InChI=1S/C10H7BrClNO2/c11-15-9(14)5-10(12)6-13-8-4-2-1-3-7(8)10/h1-4,6H,5H2. The topological polar surface area (TPSA) is 38.7 Å². The van der Waals surface area contributed by atoms with Crippen molar-refractivity contribution in [2.75, 3.05) is 0 Å². The van der Waals surface area contributed by atoms with E-state index in [0.717, 1.165) is 11.3 Å². The third kappa shape index (κ3) is 1.92. The molecule has 1 aromatic carbocycles. The van der Waals surface area contributed by atoms with E-state index in [2.05, 4.69) is 25.1 Å². The smallest absolute Gasteiger partial charge is 0.319 e. The van der Waals surface area contributed by atoms with Gasteiger partial charge in [-0.15, -0.1) is 11.6 Å². The van der Waals surface area contributed by atoms with Crippen molar-refractivity contribution in [1.29, 1.82) is 0 Å². The minimum atomic E-state index is -0.874. The predicted molar refractivity (Wildman–Crippen MR) is 61.8 cm³/mol. The van der Waals surface area contributed by atoms with Crippen LogP contribution in [0.1, 0.15) is 12.0 Å².